The van der Waals surface area contributed by atoms with Gasteiger partial charge in [-0.25, -0.2) is 4.98 Å². The number of aryl methyl sites for hydroxylation is 1. The summed E-state index contributed by atoms with van der Waals surface area (Å²) < 4.78 is 0. The molecule has 0 saturated carbocycles. The zero-order valence-electron chi connectivity index (χ0n) is 13.7. The molecule has 1 N–H and O–H groups in total. The summed E-state index contributed by atoms with van der Waals surface area (Å²) in [5.74, 6) is -0.141. The summed E-state index contributed by atoms with van der Waals surface area (Å²) in [5.41, 5.74) is 2.81. The first kappa shape index (κ1) is 17.5. The van der Waals surface area contributed by atoms with Crippen molar-refractivity contribution >= 4 is 29.3 Å². The van der Waals surface area contributed by atoms with Crippen molar-refractivity contribution in [3.63, 3.8) is 0 Å². The highest BCUT2D eigenvalue weighted by molar-refractivity contribution is 7.99. The van der Waals surface area contributed by atoms with Crippen LogP contribution in [0.5, 0.6) is 0 Å². The Morgan fingerprint density at radius 1 is 1.12 bits per heavy atom. The van der Waals surface area contributed by atoms with Crippen molar-refractivity contribution in [2.75, 3.05) is 0 Å². The van der Waals surface area contributed by atoms with Gasteiger partial charge in [-0.1, -0.05) is 59.3 Å². The lowest BCUT2D eigenvalue weighted by atomic mass is 10.1. The summed E-state index contributed by atoms with van der Waals surface area (Å²) in [5, 5.41) is 4.27. The summed E-state index contributed by atoms with van der Waals surface area (Å²) in [4.78, 5) is 17.9. The SMILES string of the molecule is Cc1ccc(CNC(=O)c2cccnc2Sc2cccc(Cl)c2)cc1. The summed E-state index contributed by atoms with van der Waals surface area (Å²) in [6.45, 7) is 2.52. The predicted molar refractivity (Wildman–Crippen MR) is 102 cm³/mol. The van der Waals surface area contributed by atoms with Crippen LogP contribution >= 0.6 is 23.4 Å². The van der Waals surface area contributed by atoms with Gasteiger partial charge >= 0.3 is 0 Å². The second kappa shape index (κ2) is 8.19. The van der Waals surface area contributed by atoms with E-state index in [9.17, 15) is 4.79 Å². The van der Waals surface area contributed by atoms with E-state index in [4.69, 9.17) is 11.6 Å². The van der Waals surface area contributed by atoms with Crippen molar-refractivity contribution < 1.29 is 4.79 Å². The van der Waals surface area contributed by atoms with E-state index in [1.165, 1.54) is 17.3 Å². The van der Waals surface area contributed by atoms with E-state index in [1.807, 2.05) is 55.5 Å². The molecule has 0 saturated heterocycles. The average molecular weight is 369 g/mol. The quantitative estimate of drug-likeness (QED) is 0.679. The number of benzene rings is 2. The normalized spacial score (nSPS) is 10.5. The van der Waals surface area contributed by atoms with Crippen molar-refractivity contribution in [3.05, 3.63) is 88.6 Å². The molecular weight excluding hydrogens is 352 g/mol. The Morgan fingerprint density at radius 3 is 2.68 bits per heavy atom. The third-order valence-corrected chi connectivity index (χ3v) is 4.84. The fourth-order valence-corrected chi connectivity index (χ4v) is 3.47. The fourth-order valence-electron chi connectivity index (χ4n) is 2.27. The van der Waals surface area contributed by atoms with Gasteiger partial charge in [-0.15, -0.1) is 0 Å². The maximum absolute atomic E-state index is 12.6. The van der Waals surface area contributed by atoms with Gasteiger partial charge in [0.05, 0.1) is 5.56 Å². The van der Waals surface area contributed by atoms with Crippen LogP contribution in [-0.2, 0) is 6.54 Å². The van der Waals surface area contributed by atoms with Crippen LogP contribution in [0.3, 0.4) is 0 Å². The number of halogens is 1. The van der Waals surface area contributed by atoms with Crippen LogP contribution in [-0.4, -0.2) is 10.9 Å². The highest BCUT2D eigenvalue weighted by atomic mass is 35.5. The first-order valence-corrected chi connectivity index (χ1v) is 9.03. The molecule has 1 aromatic heterocycles. The molecule has 126 valence electrons. The largest absolute Gasteiger partial charge is 0.348 e. The topological polar surface area (TPSA) is 42.0 Å². The second-order valence-electron chi connectivity index (χ2n) is 5.58. The van der Waals surface area contributed by atoms with E-state index in [2.05, 4.69) is 10.3 Å². The van der Waals surface area contributed by atoms with Crippen LogP contribution in [0.15, 0.2) is 76.8 Å². The van der Waals surface area contributed by atoms with Gasteiger partial charge in [-0.3, -0.25) is 4.79 Å². The number of pyridine rings is 1. The molecule has 1 amide bonds. The number of aromatic nitrogens is 1. The highest BCUT2D eigenvalue weighted by Crippen LogP contribution is 2.30. The lowest BCUT2D eigenvalue weighted by Gasteiger charge is -2.09. The zero-order valence-corrected chi connectivity index (χ0v) is 15.3. The molecule has 25 heavy (non-hydrogen) atoms. The number of nitrogens with one attached hydrogen (secondary N) is 1. The Kier molecular flexibility index (Phi) is 5.74. The standard InChI is InChI=1S/C20H17ClN2OS/c1-14-7-9-15(10-8-14)13-23-19(24)18-6-3-11-22-20(18)25-17-5-2-4-16(21)12-17/h2-12H,13H2,1H3,(H,23,24). The first-order valence-electron chi connectivity index (χ1n) is 7.84. The van der Waals surface area contributed by atoms with Gasteiger partial charge in [-0.2, -0.15) is 0 Å². The molecule has 2 aromatic carbocycles. The minimum Gasteiger partial charge on any atom is -0.348 e. The first-order chi connectivity index (χ1) is 12.1. The molecule has 0 bridgehead atoms. The average Bonchev–Trinajstić information content (AvgIpc) is 2.61. The third kappa shape index (κ3) is 4.84. The second-order valence-corrected chi connectivity index (χ2v) is 7.08. The smallest absolute Gasteiger partial charge is 0.254 e. The van der Waals surface area contributed by atoms with E-state index in [1.54, 1.807) is 18.3 Å². The Morgan fingerprint density at radius 2 is 1.92 bits per heavy atom. The molecule has 3 rings (SSSR count). The Labute approximate surface area is 156 Å². The molecule has 3 aromatic rings. The van der Waals surface area contributed by atoms with Gasteiger partial charge < -0.3 is 5.32 Å². The maximum Gasteiger partial charge on any atom is 0.254 e. The summed E-state index contributed by atoms with van der Waals surface area (Å²) in [6.07, 6.45) is 1.68. The van der Waals surface area contributed by atoms with Gasteiger partial charge in [-0.05, 0) is 42.8 Å². The fraction of sp³-hybridized carbons (Fsp3) is 0.100. The molecule has 0 spiro atoms. The molecule has 0 aliphatic rings. The number of nitrogens with zero attached hydrogens (tertiary/aromatic N) is 1. The number of amides is 1. The van der Waals surface area contributed by atoms with E-state index in [0.717, 1.165) is 10.5 Å². The molecule has 0 unspecified atom stereocenters. The summed E-state index contributed by atoms with van der Waals surface area (Å²) >= 11 is 7.45. The van der Waals surface area contributed by atoms with E-state index < -0.39 is 0 Å². The molecule has 0 radical (unpaired) electrons. The molecule has 0 fully saturated rings. The van der Waals surface area contributed by atoms with Crippen LogP contribution in [0.2, 0.25) is 5.02 Å². The molecular formula is C20H17ClN2OS. The molecule has 5 heteroatoms. The van der Waals surface area contributed by atoms with Crippen molar-refractivity contribution in [3.8, 4) is 0 Å². The van der Waals surface area contributed by atoms with Crippen LogP contribution in [0.1, 0.15) is 21.5 Å². The van der Waals surface area contributed by atoms with Crippen molar-refractivity contribution in [1.82, 2.24) is 10.3 Å². The minimum absolute atomic E-state index is 0.141. The Hall–Kier alpha value is -2.30. The zero-order chi connectivity index (χ0) is 17.6. The van der Waals surface area contributed by atoms with Crippen LogP contribution in [0, 0.1) is 6.92 Å². The molecule has 0 aliphatic heterocycles. The van der Waals surface area contributed by atoms with Crippen LogP contribution in [0.25, 0.3) is 0 Å². The van der Waals surface area contributed by atoms with E-state index in [0.29, 0.717) is 22.2 Å². The van der Waals surface area contributed by atoms with Gasteiger partial charge in [0.2, 0.25) is 0 Å². The van der Waals surface area contributed by atoms with Crippen molar-refractivity contribution in [2.24, 2.45) is 0 Å². The number of hydrogen-bond acceptors (Lipinski definition) is 3. The minimum atomic E-state index is -0.141. The predicted octanol–water partition coefficient (Wildman–Crippen LogP) is 5.12. The molecule has 1 heterocycles. The number of hydrogen-bond donors (Lipinski definition) is 1. The van der Waals surface area contributed by atoms with Crippen LogP contribution < -0.4 is 5.32 Å². The van der Waals surface area contributed by atoms with Gasteiger partial charge in [0.1, 0.15) is 5.03 Å². The summed E-state index contributed by atoms with van der Waals surface area (Å²) in [7, 11) is 0. The monoisotopic (exact) mass is 368 g/mol. The maximum atomic E-state index is 12.6. The Balaban J connectivity index is 1.73. The number of carbonyl (C=O) groups excluding carboxylic acids is 1. The number of carbonyl (C=O) groups is 1. The highest BCUT2D eigenvalue weighted by Gasteiger charge is 2.13. The van der Waals surface area contributed by atoms with E-state index in [-0.39, 0.29) is 5.91 Å². The summed E-state index contributed by atoms with van der Waals surface area (Å²) in [6, 6.07) is 19.1. The lowest BCUT2D eigenvalue weighted by Crippen LogP contribution is -2.23. The van der Waals surface area contributed by atoms with Crippen LogP contribution in [0.4, 0.5) is 0 Å². The van der Waals surface area contributed by atoms with Crippen molar-refractivity contribution in [1.29, 1.82) is 0 Å². The molecule has 0 atom stereocenters. The van der Waals surface area contributed by atoms with Gasteiger partial charge in [0, 0.05) is 22.7 Å². The third-order valence-electron chi connectivity index (χ3n) is 3.60. The van der Waals surface area contributed by atoms with Crippen molar-refractivity contribution in [2.45, 2.75) is 23.4 Å². The van der Waals surface area contributed by atoms with Gasteiger partial charge in [0.15, 0.2) is 0 Å². The van der Waals surface area contributed by atoms with Gasteiger partial charge in [0.25, 0.3) is 5.91 Å². The van der Waals surface area contributed by atoms with E-state index >= 15 is 0 Å². The molecule has 0 aliphatic carbocycles. The Bertz CT molecular complexity index is 881. The number of rotatable bonds is 5. The lowest BCUT2D eigenvalue weighted by molar-refractivity contribution is 0.0947. The molecule has 3 nitrogen and oxygen atoms in total.